The van der Waals surface area contributed by atoms with Crippen molar-refractivity contribution in [2.45, 2.75) is 30.5 Å². The van der Waals surface area contributed by atoms with E-state index in [2.05, 4.69) is 27.2 Å². The molecule has 1 saturated heterocycles. The second kappa shape index (κ2) is 7.73. The number of hydrogen-bond donors (Lipinski definition) is 3. The van der Waals surface area contributed by atoms with E-state index in [0.29, 0.717) is 36.2 Å². The van der Waals surface area contributed by atoms with Crippen LogP contribution in [0, 0.1) is 5.92 Å². The fraction of sp³-hybridized carbons (Fsp3) is 0.400. The zero-order valence-electron chi connectivity index (χ0n) is 16.2. The van der Waals surface area contributed by atoms with Gasteiger partial charge in [-0.2, -0.15) is 0 Å². The van der Waals surface area contributed by atoms with E-state index in [1.54, 1.807) is 31.4 Å². The number of benzene rings is 1. The van der Waals surface area contributed by atoms with Gasteiger partial charge in [0, 0.05) is 24.9 Å². The monoisotopic (exact) mass is 432 g/mol. The number of nitrogens with one attached hydrogen (secondary N) is 2. The molecule has 1 amide bonds. The Morgan fingerprint density at radius 1 is 1.40 bits per heavy atom. The first-order valence-corrected chi connectivity index (χ1v) is 9.83. The van der Waals surface area contributed by atoms with Gasteiger partial charge in [-0.25, -0.2) is 14.8 Å². The zero-order valence-corrected chi connectivity index (χ0v) is 17.0. The van der Waals surface area contributed by atoms with Crippen LogP contribution >= 0.6 is 11.6 Å². The molecule has 1 aliphatic heterocycles. The molecule has 10 heteroatoms. The minimum absolute atomic E-state index is 0.122. The molecule has 0 bridgehead atoms. The number of amides is 1. The quantitative estimate of drug-likeness (QED) is 0.563. The molecule has 2 heterocycles. The largest absolute Gasteiger partial charge is 0.497 e. The minimum Gasteiger partial charge on any atom is -0.497 e. The van der Waals surface area contributed by atoms with E-state index in [1.807, 2.05) is 0 Å². The summed E-state index contributed by atoms with van der Waals surface area (Å²) in [6.07, 6.45) is 1.87. The summed E-state index contributed by atoms with van der Waals surface area (Å²) in [6.45, 7) is 4.01. The van der Waals surface area contributed by atoms with Crippen LogP contribution in [-0.2, 0) is 9.59 Å². The maximum Gasteiger partial charge on any atom is 0.330 e. The molecular weight excluding hydrogens is 412 g/mol. The van der Waals surface area contributed by atoms with E-state index in [1.165, 1.54) is 0 Å². The third-order valence-corrected chi connectivity index (χ3v) is 5.76. The molecule has 1 saturated carbocycles. The summed E-state index contributed by atoms with van der Waals surface area (Å²) in [5, 5.41) is 15.3. The molecule has 30 heavy (non-hydrogen) atoms. The van der Waals surface area contributed by atoms with Crippen molar-refractivity contribution in [3.63, 3.8) is 0 Å². The predicted octanol–water partition coefficient (Wildman–Crippen LogP) is 1.55. The van der Waals surface area contributed by atoms with Crippen molar-refractivity contribution < 1.29 is 24.2 Å². The maximum absolute atomic E-state index is 12.6. The van der Waals surface area contributed by atoms with E-state index < -0.39 is 17.6 Å². The molecule has 2 aromatic rings. The van der Waals surface area contributed by atoms with Crippen molar-refractivity contribution in [3.05, 3.63) is 36.0 Å². The number of hydrogen-bond acceptors (Lipinski definition) is 7. The number of halogens is 1. The van der Waals surface area contributed by atoms with Gasteiger partial charge in [0.25, 0.3) is 5.88 Å². The highest BCUT2D eigenvalue weighted by molar-refractivity contribution is 6.31. The lowest BCUT2D eigenvalue weighted by molar-refractivity contribution is -0.143. The topological polar surface area (TPSA) is 123 Å². The van der Waals surface area contributed by atoms with Crippen LogP contribution in [0.1, 0.15) is 12.8 Å². The van der Waals surface area contributed by atoms with Gasteiger partial charge in [-0.05, 0) is 18.6 Å². The molecular formula is C20H21ClN4O5. The standard InChI is InChI=1S/C20H21ClN4O5/c1-3-10-8-20(10,19(27)28)25-17(26)15-7-12(9-22-15)30-18-16(21)23-13-5-4-11(29-2)6-14(13)24-18/h3-6,10,12,15,22H,1,7-9H2,2H3,(H,25,26)(H,27,28)/t10-,12-,15+,20-/m1/s1. The number of carboxylic acid groups (broad SMARTS) is 1. The summed E-state index contributed by atoms with van der Waals surface area (Å²) in [4.78, 5) is 32.8. The molecule has 2 fully saturated rings. The molecule has 0 unspecified atom stereocenters. The van der Waals surface area contributed by atoms with Crippen molar-refractivity contribution in [3.8, 4) is 11.6 Å². The number of nitrogens with zero attached hydrogens (tertiary/aromatic N) is 2. The number of ether oxygens (including phenoxy) is 2. The van der Waals surface area contributed by atoms with Gasteiger partial charge >= 0.3 is 5.97 Å². The fourth-order valence-electron chi connectivity index (χ4n) is 3.67. The number of fused-ring (bicyclic) bond motifs is 1. The molecule has 1 aliphatic carbocycles. The number of carbonyl (C=O) groups excluding carboxylic acids is 1. The molecule has 158 valence electrons. The highest BCUT2D eigenvalue weighted by Gasteiger charge is 2.60. The molecule has 9 nitrogen and oxygen atoms in total. The zero-order chi connectivity index (χ0) is 21.5. The van der Waals surface area contributed by atoms with Crippen molar-refractivity contribution in [1.82, 2.24) is 20.6 Å². The van der Waals surface area contributed by atoms with Crippen molar-refractivity contribution in [2.24, 2.45) is 5.92 Å². The average molecular weight is 433 g/mol. The molecule has 1 aromatic heterocycles. The third kappa shape index (κ3) is 3.66. The van der Waals surface area contributed by atoms with Gasteiger partial charge in [0.05, 0.1) is 24.2 Å². The maximum atomic E-state index is 12.6. The van der Waals surface area contributed by atoms with E-state index in [4.69, 9.17) is 21.1 Å². The molecule has 0 radical (unpaired) electrons. The van der Waals surface area contributed by atoms with Crippen LogP contribution in [0.5, 0.6) is 11.6 Å². The highest BCUT2D eigenvalue weighted by atomic mass is 35.5. The minimum atomic E-state index is -1.26. The third-order valence-electron chi connectivity index (χ3n) is 5.51. The molecule has 1 aromatic carbocycles. The number of methoxy groups -OCH3 is 1. The Kier molecular flexibility index (Phi) is 5.25. The van der Waals surface area contributed by atoms with Gasteiger partial charge in [-0.1, -0.05) is 17.7 Å². The average Bonchev–Trinajstić information content (AvgIpc) is 3.25. The first kappa shape index (κ1) is 20.4. The first-order valence-electron chi connectivity index (χ1n) is 9.45. The molecule has 3 N–H and O–H groups in total. The Bertz CT molecular complexity index is 1030. The molecule has 4 atom stereocenters. The van der Waals surface area contributed by atoms with E-state index >= 15 is 0 Å². The highest BCUT2D eigenvalue weighted by Crippen LogP contribution is 2.44. The summed E-state index contributed by atoms with van der Waals surface area (Å²) >= 11 is 6.21. The Morgan fingerprint density at radius 3 is 2.87 bits per heavy atom. The van der Waals surface area contributed by atoms with Crippen LogP contribution in [0.2, 0.25) is 5.15 Å². The lowest BCUT2D eigenvalue weighted by Crippen LogP contribution is -2.51. The van der Waals surface area contributed by atoms with Crippen LogP contribution < -0.4 is 20.1 Å². The van der Waals surface area contributed by atoms with Crippen LogP contribution in [0.15, 0.2) is 30.9 Å². The molecule has 4 rings (SSSR count). The van der Waals surface area contributed by atoms with Gasteiger partial charge in [-0.3, -0.25) is 4.79 Å². The summed E-state index contributed by atoms with van der Waals surface area (Å²) in [5.41, 5.74) is -0.0808. The van der Waals surface area contributed by atoms with Gasteiger partial charge in [0.1, 0.15) is 17.4 Å². The first-order chi connectivity index (χ1) is 14.4. The molecule has 2 aliphatic rings. The van der Waals surface area contributed by atoms with Gasteiger partial charge < -0.3 is 25.2 Å². The lowest BCUT2D eigenvalue weighted by atomic mass is 10.1. The van der Waals surface area contributed by atoms with Crippen molar-refractivity contribution in [2.75, 3.05) is 13.7 Å². The van der Waals surface area contributed by atoms with Crippen molar-refractivity contribution in [1.29, 1.82) is 0 Å². The Balaban J connectivity index is 1.42. The number of aliphatic carboxylic acids is 1. The fourth-order valence-corrected chi connectivity index (χ4v) is 3.85. The van der Waals surface area contributed by atoms with Gasteiger partial charge in [0.2, 0.25) is 5.91 Å². The second-order valence-corrected chi connectivity index (χ2v) is 7.78. The Hall–Kier alpha value is -2.91. The second-order valence-electron chi connectivity index (χ2n) is 7.42. The SMILES string of the molecule is C=C[C@@H]1C[C@]1(NC(=O)[C@@H]1C[C@@H](Oc2nc3cc(OC)ccc3nc2Cl)CN1)C(=O)O. The van der Waals surface area contributed by atoms with E-state index in [0.717, 1.165) is 0 Å². The Labute approximate surface area is 177 Å². The van der Waals surface area contributed by atoms with E-state index in [9.17, 15) is 14.7 Å². The van der Waals surface area contributed by atoms with Crippen molar-refractivity contribution >= 4 is 34.5 Å². The summed E-state index contributed by atoms with van der Waals surface area (Å²) in [5.74, 6) is -0.902. The summed E-state index contributed by atoms with van der Waals surface area (Å²) < 4.78 is 11.1. The van der Waals surface area contributed by atoms with Crippen LogP contribution in [0.25, 0.3) is 11.0 Å². The normalized spacial score (nSPS) is 27.5. The van der Waals surface area contributed by atoms with E-state index in [-0.39, 0.29) is 29.0 Å². The lowest BCUT2D eigenvalue weighted by Gasteiger charge is -2.17. The number of rotatable bonds is 7. The predicted molar refractivity (Wildman–Crippen MR) is 109 cm³/mol. The van der Waals surface area contributed by atoms with Gasteiger partial charge in [0.15, 0.2) is 5.15 Å². The van der Waals surface area contributed by atoms with Crippen LogP contribution in [0.3, 0.4) is 0 Å². The number of aromatic nitrogens is 2. The number of carboxylic acids is 1. The molecule has 0 spiro atoms. The van der Waals surface area contributed by atoms with Crippen LogP contribution in [0.4, 0.5) is 0 Å². The summed E-state index contributed by atoms with van der Waals surface area (Å²) in [6, 6.07) is 4.66. The Morgan fingerprint density at radius 2 is 2.20 bits per heavy atom. The number of carbonyl (C=O) groups is 2. The smallest absolute Gasteiger partial charge is 0.330 e. The van der Waals surface area contributed by atoms with Crippen LogP contribution in [-0.4, -0.2) is 58.3 Å². The summed E-state index contributed by atoms with van der Waals surface area (Å²) in [7, 11) is 1.56. The van der Waals surface area contributed by atoms with Gasteiger partial charge in [-0.15, -0.1) is 6.58 Å².